The Morgan fingerprint density at radius 2 is 1.96 bits per heavy atom. The van der Waals surface area contributed by atoms with E-state index in [0.717, 1.165) is 21.3 Å². The molecule has 0 radical (unpaired) electrons. The van der Waals surface area contributed by atoms with Gasteiger partial charge >= 0.3 is 0 Å². The van der Waals surface area contributed by atoms with Gasteiger partial charge in [0, 0.05) is 10.2 Å². The lowest BCUT2D eigenvalue weighted by molar-refractivity contribution is 0.593. The molecule has 2 heterocycles. The van der Waals surface area contributed by atoms with Crippen LogP contribution in [0.4, 0.5) is 10.3 Å². The average molecular weight is 371 g/mol. The quantitative estimate of drug-likeness (QED) is 0.733. The normalized spacial score (nSPS) is 16.4. The Balaban J connectivity index is 1.81. The molecule has 1 unspecified atom stereocenters. The fraction of sp³-hybridized carbons (Fsp3) is 0.0588. The summed E-state index contributed by atoms with van der Waals surface area (Å²) in [6, 6.07) is 14.3. The first-order valence-corrected chi connectivity index (χ1v) is 7.90. The van der Waals surface area contributed by atoms with E-state index in [-0.39, 0.29) is 11.9 Å². The molecule has 0 amide bonds. The van der Waals surface area contributed by atoms with E-state index in [1.54, 1.807) is 10.7 Å². The fourth-order valence-corrected chi connectivity index (χ4v) is 2.92. The summed E-state index contributed by atoms with van der Waals surface area (Å²) in [6.45, 7) is 0. The third kappa shape index (κ3) is 2.66. The Bertz CT molecular complexity index is 886. The van der Waals surface area contributed by atoms with Gasteiger partial charge in [0.2, 0.25) is 5.95 Å². The molecule has 1 aliphatic heterocycles. The predicted molar refractivity (Wildman–Crippen MR) is 90.3 cm³/mol. The molecule has 0 bridgehead atoms. The number of hydrogen-bond donors (Lipinski definition) is 1. The fourth-order valence-electron chi connectivity index (χ4n) is 2.66. The first-order valence-electron chi connectivity index (χ1n) is 7.10. The first-order chi connectivity index (χ1) is 11.2. The van der Waals surface area contributed by atoms with E-state index in [4.69, 9.17) is 0 Å². The number of nitrogens with zero attached hydrogens (tertiary/aromatic N) is 3. The highest BCUT2D eigenvalue weighted by Gasteiger charge is 2.23. The van der Waals surface area contributed by atoms with Crippen molar-refractivity contribution < 1.29 is 4.39 Å². The maximum absolute atomic E-state index is 13.6. The van der Waals surface area contributed by atoms with E-state index >= 15 is 0 Å². The van der Waals surface area contributed by atoms with E-state index in [9.17, 15) is 4.39 Å². The first kappa shape index (κ1) is 14.1. The van der Waals surface area contributed by atoms with Gasteiger partial charge in [-0.2, -0.15) is 10.1 Å². The maximum atomic E-state index is 13.6. The molecule has 4 nitrogen and oxygen atoms in total. The molecular weight excluding hydrogens is 359 g/mol. The number of anilines is 1. The Labute approximate surface area is 140 Å². The van der Waals surface area contributed by atoms with Crippen LogP contribution in [0.15, 0.2) is 65.4 Å². The van der Waals surface area contributed by atoms with Crippen molar-refractivity contribution in [3.8, 4) is 0 Å². The largest absolute Gasteiger partial charge is 0.324 e. The van der Waals surface area contributed by atoms with E-state index in [0.29, 0.717) is 5.95 Å². The summed E-state index contributed by atoms with van der Waals surface area (Å²) in [4.78, 5) is 4.25. The zero-order valence-electron chi connectivity index (χ0n) is 11.9. The molecule has 0 fully saturated rings. The second-order valence-electron chi connectivity index (χ2n) is 5.24. The van der Waals surface area contributed by atoms with Crippen LogP contribution in [0.5, 0.6) is 0 Å². The van der Waals surface area contributed by atoms with Crippen molar-refractivity contribution in [2.24, 2.45) is 0 Å². The van der Waals surface area contributed by atoms with Crippen molar-refractivity contribution in [2.45, 2.75) is 6.04 Å². The second-order valence-corrected chi connectivity index (χ2v) is 6.16. The van der Waals surface area contributed by atoms with Crippen molar-refractivity contribution in [1.29, 1.82) is 0 Å². The van der Waals surface area contributed by atoms with Crippen LogP contribution in [0, 0.1) is 5.82 Å². The Morgan fingerprint density at radius 1 is 1.13 bits per heavy atom. The molecule has 114 valence electrons. The highest BCUT2D eigenvalue weighted by Crippen LogP contribution is 2.32. The predicted octanol–water partition coefficient (Wildman–Crippen LogP) is 4.24. The van der Waals surface area contributed by atoms with Crippen molar-refractivity contribution in [3.05, 3.63) is 82.4 Å². The third-order valence-electron chi connectivity index (χ3n) is 3.75. The summed E-state index contributed by atoms with van der Waals surface area (Å²) in [7, 11) is 0. The van der Waals surface area contributed by atoms with Gasteiger partial charge in [-0.3, -0.25) is 0 Å². The number of rotatable bonds is 2. The topological polar surface area (TPSA) is 42.7 Å². The van der Waals surface area contributed by atoms with Gasteiger partial charge in [-0.05, 0) is 41.5 Å². The van der Waals surface area contributed by atoms with E-state index in [1.807, 2.05) is 36.4 Å². The highest BCUT2D eigenvalue weighted by molar-refractivity contribution is 9.10. The molecule has 1 aliphatic rings. The molecule has 1 N–H and O–H groups in total. The molecule has 0 spiro atoms. The zero-order chi connectivity index (χ0) is 15.8. The molecule has 1 aromatic heterocycles. The van der Waals surface area contributed by atoms with Crippen LogP contribution in [-0.2, 0) is 0 Å². The maximum Gasteiger partial charge on any atom is 0.226 e. The number of benzene rings is 2. The smallest absolute Gasteiger partial charge is 0.226 e. The summed E-state index contributed by atoms with van der Waals surface area (Å²) >= 11 is 3.44. The molecule has 0 saturated heterocycles. The van der Waals surface area contributed by atoms with Gasteiger partial charge < -0.3 is 5.32 Å². The number of hydrogen-bond acceptors (Lipinski definition) is 3. The monoisotopic (exact) mass is 370 g/mol. The van der Waals surface area contributed by atoms with Crippen molar-refractivity contribution in [2.75, 3.05) is 5.32 Å². The lowest BCUT2D eigenvalue weighted by atomic mass is 10.0. The summed E-state index contributed by atoms with van der Waals surface area (Å²) in [5.74, 6) is 0.376. The van der Waals surface area contributed by atoms with Crippen LogP contribution in [-0.4, -0.2) is 14.8 Å². The third-order valence-corrected chi connectivity index (χ3v) is 4.28. The standard InChI is InChI=1S/C17H12BrFN4/c18-13-6-4-11(5-7-13)15-9-16(12-2-1-3-14(19)8-12)23-17(22-15)20-10-21-23/h1-10,16H,(H,20,21,22). The number of halogens is 2. The van der Waals surface area contributed by atoms with Crippen LogP contribution < -0.4 is 5.32 Å². The van der Waals surface area contributed by atoms with E-state index in [2.05, 4.69) is 31.3 Å². The van der Waals surface area contributed by atoms with Crippen LogP contribution in [0.2, 0.25) is 0 Å². The van der Waals surface area contributed by atoms with Gasteiger partial charge in [0.15, 0.2) is 0 Å². The summed E-state index contributed by atoms with van der Waals surface area (Å²) in [5, 5.41) is 7.52. The minimum atomic E-state index is -0.263. The van der Waals surface area contributed by atoms with Crippen LogP contribution in [0.3, 0.4) is 0 Å². The van der Waals surface area contributed by atoms with Gasteiger partial charge in [0.1, 0.15) is 18.2 Å². The van der Waals surface area contributed by atoms with Crippen LogP contribution in [0.25, 0.3) is 5.70 Å². The minimum absolute atomic E-state index is 0.205. The second kappa shape index (κ2) is 5.62. The van der Waals surface area contributed by atoms with Gasteiger partial charge in [0.05, 0.1) is 0 Å². The Hall–Kier alpha value is -2.47. The van der Waals surface area contributed by atoms with Crippen LogP contribution >= 0.6 is 15.9 Å². The molecule has 4 rings (SSSR count). The molecule has 1 atom stereocenters. The number of nitrogens with one attached hydrogen (secondary N) is 1. The minimum Gasteiger partial charge on any atom is -0.324 e. The van der Waals surface area contributed by atoms with Gasteiger partial charge in [0.25, 0.3) is 0 Å². The highest BCUT2D eigenvalue weighted by atomic mass is 79.9. The number of allylic oxidation sites excluding steroid dienone is 1. The number of aromatic nitrogens is 3. The summed E-state index contributed by atoms with van der Waals surface area (Å²) < 4.78 is 16.4. The molecule has 3 aromatic rings. The van der Waals surface area contributed by atoms with E-state index in [1.165, 1.54) is 18.5 Å². The van der Waals surface area contributed by atoms with Crippen molar-refractivity contribution >= 4 is 27.6 Å². The SMILES string of the molecule is Fc1cccc(C2C=C(c3ccc(Br)cc3)Nc3ncnn32)c1. The summed E-state index contributed by atoms with van der Waals surface area (Å²) in [6.07, 6.45) is 3.52. The average Bonchev–Trinajstić information content (AvgIpc) is 3.03. The van der Waals surface area contributed by atoms with Crippen LogP contribution in [0.1, 0.15) is 17.2 Å². The molecule has 23 heavy (non-hydrogen) atoms. The molecular formula is C17H12BrFN4. The zero-order valence-corrected chi connectivity index (χ0v) is 13.5. The Kier molecular flexibility index (Phi) is 3.46. The lowest BCUT2D eigenvalue weighted by Crippen LogP contribution is -2.20. The van der Waals surface area contributed by atoms with Gasteiger partial charge in [-0.1, -0.05) is 40.2 Å². The lowest BCUT2D eigenvalue weighted by Gasteiger charge is -2.24. The molecule has 6 heteroatoms. The van der Waals surface area contributed by atoms with Crippen molar-refractivity contribution in [3.63, 3.8) is 0 Å². The van der Waals surface area contributed by atoms with E-state index < -0.39 is 0 Å². The molecule has 0 saturated carbocycles. The van der Waals surface area contributed by atoms with Crippen molar-refractivity contribution in [1.82, 2.24) is 14.8 Å². The molecule has 2 aromatic carbocycles. The number of fused-ring (bicyclic) bond motifs is 1. The molecule has 0 aliphatic carbocycles. The van der Waals surface area contributed by atoms with Gasteiger partial charge in [-0.15, -0.1) is 0 Å². The summed E-state index contributed by atoms with van der Waals surface area (Å²) in [5.41, 5.74) is 2.78. The van der Waals surface area contributed by atoms with Gasteiger partial charge in [-0.25, -0.2) is 9.07 Å². The Morgan fingerprint density at radius 3 is 2.74 bits per heavy atom.